The van der Waals surface area contributed by atoms with Crippen LogP contribution in [-0.2, 0) is 11.3 Å². The molecule has 0 aliphatic carbocycles. The first-order valence-corrected chi connectivity index (χ1v) is 6.47. The minimum absolute atomic E-state index is 0.125. The number of rotatable bonds is 8. The second-order valence-corrected chi connectivity index (χ2v) is 5.35. The number of hydrogen-bond donors (Lipinski definition) is 2. The summed E-state index contributed by atoms with van der Waals surface area (Å²) in [7, 11) is 1.33. The highest BCUT2D eigenvalue weighted by atomic mass is 16.5. The van der Waals surface area contributed by atoms with Gasteiger partial charge >= 0.3 is 5.97 Å². The molecule has 0 spiro atoms. The smallest absolute Gasteiger partial charge is 0.373 e. The maximum Gasteiger partial charge on any atom is 0.373 e. The molecule has 19 heavy (non-hydrogen) atoms. The van der Waals surface area contributed by atoms with Crippen molar-refractivity contribution in [1.82, 2.24) is 5.32 Å². The summed E-state index contributed by atoms with van der Waals surface area (Å²) in [6.45, 7) is 5.92. The molecule has 1 heterocycles. The highest BCUT2D eigenvalue weighted by Crippen LogP contribution is 2.21. The average Bonchev–Trinajstić information content (AvgIpc) is 2.84. The van der Waals surface area contributed by atoms with Crippen molar-refractivity contribution in [1.29, 1.82) is 0 Å². The fourth-order valence-corrected chi connectivity index (χ4v) is 1.85. The van der Waals surface area contributed by atoms with E-state index < -0.39 is 5.97 Å². The molecule has 1 aromatic heterocycles. The molecular weight excluding hydrogens is 246 g/mol. The van der Waals surface area contributed by atoms with Crippen molar-refractivity contribution in [3.63, 3.8) is 0 Å². The molecule has 0 bridgehead atoms. The van der Waals surface area contributed by atoms with Crippen molar-refractivity contribution >= 4 is 5.97 Å². The maximum atomic E-state index is 11.2. The number of methoxy groups -OCH3 is 1. The fourth-order valence-electron chi connectivity index (χ4n) is 1.85. The van der Waals surface area contributed by atoms with Gasteiger partial charge in [0.15, 0.2) is 0 Å². The molecule has 0 radical (unpaired) electrons. The molecule has 0 aliphatic heterocycles. The molecule has 1 rings (SSSR count). The number of aliphatic hydroxyl groups is 1. The lowest BCUT2D eigenvalue weighted by Crippen LogP contribution is -2.29. The first-order valence-electron chi connectivity index (χ1n) is 6.47. The van der Waals surface area contributed by atoms with E-state index in [0.717, 1.165) is 19.4 Å². The zero-order valence-electron chi connectivity index (χ0n) is 11.9. The lowest BCUT2D eigenvalue weighted by Gasteiger charge is -2.24. The molecule has 0 aliphatic rings. The monoisotopic (exact) mass is 269 g/mol. The Morgan fingerprint density at radius 1 is 1.47 bits per heavy atom. The topological polar surface area (TPSA) is 71.7 Å². The van der Waals surface area contributed by atoms with E-state index in [1.54, 1.807) is 12.1 Å². The number of esters is 1. The third-order valence-electron chi connectivity index (χ3n) is 2.96. The molecule has 0 atom stereocenters. The summed E-state index contributed by atoms with van der Waals surface area (Å²) in [6.07, 6.45) is 1.77. The third kappa shape index (κ3) is 5.44. The summed E-state index contributed by atoms with van der Waals surface area (Å²) < 4.78 is 9.93. The first kappa shape index (κ1) is 15.7. The lowest BCUT2D eigenvalue weighted by molar-refractivity contribution is 0.0562. The van der Waals surface area contributed by atoms with Gasteiger partial charge in [0.25, 0.3) is 0 Å². The zero-order chi connectivity index (χ0) is 14.3. The Morgan fingerprint density at radius 2 is 2.21 bits per heavy atom. The van der Waals surface area contributed by atoms with Crippen molar-refractivity contribution in [2.75, 3.05) is 20.3 Å². The Morgan fingerprint density at radius 3 is 2.84 bits per heavy atom. The molecule has 5 heteroatoms. The van der Waals surface area contributed by atoms with Crippen LogP contribution in [0.3, 0.4) is 0 Å². The van der Waals surface area contributed by atoms with E-state index in [0.29, 0.717) is 12.3 Å². The summed E-state index contributed by atoms with van der Waals surface area (Å²) in [5.41, 5.74) is 0.125. The van der Waals surface area contributed by atoms with Crippen LogP contribution in [0.25, 0.3) is 0 Å². The van der Waals surface area contributed by atoms with Gasteiger partial charge in [-0.15, -0.1) is 0 Å². The van der Waals surface area contributed by atoms with Crippen LogP contribution in [0, 0.1) is 5.41 Å². The van der Waals surface area contributed by atoms with E-state index in [4.69, 9.17) is 9.52 Å². The van der Waals surface area contributed by atoms with Gasteiger partial charge in [-0.1, -0.05) is 13.8 Å². The van der Waals surface area contributed by atoms with Crippen molar-refractivity contribution in [3.05, 3.63) is 23.7 Å². The van der Waals surface area contributed by atoms with E-state index >= 15 is 0 Å². The molecule has 2 N–H and O–H groups in total. The van der Waals surface area contributed by atoms with E-state index in [1.165, 1.54) is 7.11 Å². The van der Waals surface area contributed by atoms with E-state index in [-0.39, 0.29) is 17.8 Å². The van der Waals surface area contributed by atoms with E-state index in [2.05, 4.69) is 23.9 Å². The summed E-state index contributed by atoms with van der Waals surface area (Å²) in [5.74, 6) is 0.465. The van der Waals surface area contributed by atoms with Gasteiger partial charge in [0.05, 0.1) is 13.7 Å². The molecule has 0 unspecified atom stereocenters. The molecule has 0 saturated heterocycles. The predicted molar refractivity (Wildman–Crippen MR) is 71.9 cm³/mol. The Kier molecular flexibility index (Phi) is 6.05. The number of carbonyl (C=O) groups excluding carboxylic acids is 1. The molecule has 0 aromatic carbocycles. The first-order chi connectivity index (χ1) is 8.98. The highest BCUT2D eigenvalue weighted by molar-refractivity contribution is 5.86. The Hall–Kier alpha value is -1.33. The maximum absolute atomic E-state index is 11.2. The number of carbonyl (C=O) groups is 1. The normalized spacial score (nSPS) is 11.6. The van der Waals surface area contributed by atoms with Crippen LogP contribution < -0.4 is 5.32 Å². The van der Waals surface area contributed by atoms with Gasteiger partial charge in [0.2, 0.25) is 5.76 Å². The zero-order valence-corrected chi connectivity index (χ0v) is 11.9. The molecule has 5 nitrogen and oxygen atoms in total. The molecular formula is C14H23NO4. The molecule has 1 aromatic rings. The van der Waals surface area contributed by atoms with Gasteiger partial charge in [0.1, 0.15) is 5.76 Å². The standard InChI is InChI=1S/C14H23NO4/c1-14(2,7-4-8-16)10-15-9-11-5-6-12(19-11)13(17)18-3/h5-6,15-16H,4,7-10H2,1-3H3. The van der Waals surface area contributed by atoms with Crippen molar-refractivity contribution in [2.24, 2.45) is 5.41 Å². The Labute approximate surface area is 113 Å². The van der Waals surface area contributed by atoms with Gasteiger partial charge in [-0.05, 0) is 30.4 Å². The summed E-state index contributed by atoms with van der Waals surface area (Å²) >= 11 is 0. The Bertz CT molecular complexity index is 398. The third-order valence-corrected chi connectivity index (χ3v) is 2.96. The van der Waals surface area contributed by atoms with Crippen LogP contribution in [-0.4, -0.2) is 31.3 Å². The number of furan rings is 1. The molecule has 0 amide bonds. The van der Waals surface area contributed by atoms with E-state index in [1.807, 2.05) is 0 Å². The average molecular weight is 269 g/mol. The summed E-state index contributed by atoms with van der Waals surface area (Å²) in [6, 6.07) is 3.37. The number of hydrogen-bond acceptors (Lipinski definition) is 5. The van der Waals surface area contributed by atoms with Crippen molar-refractivity contribution < 1.29 is 19.1 Å². The van der Waals surface area contributed by atoms with Gasteiger partial charge in [-0.3, -0.25) is 0 Å². The minimum Gasteiger partial charge on any atom is -0.463 e. The quantitative estimate of drug-likeness (QED) is 0.706. The van der Waals surface area contributed by atoms with Crippen LogP contribution in [0.5, 0.6) is 0 Å². The fraction of sp³-hybridized carbons (Fsp3) is 0.643. The van der Waals surface area contributed by atoms with Crippen molar-refractivity contribution in [2.45, 2.75) is 33.2 Å². The van der Waals surface area contributed by atoms with Crippen LogP contribution >= 0.6 is 0 Å². The second-order valence-electron chi connectivity index (χ2n) is 5.35. The minimum atomic E-state index is -0.463. The SMILES string of the molecule is COC(=O)c1ccc(CNCC(C)(C)CCCO)o1. The highest BCUT2D eigenvalue weighted by Gasteiger charge is 2.17. The van der Waals surface area contributed by atoms with Gasteiger partial charge in [0, 0.05) is 13.2 Å². The van der Waals surface area contributed by atoms with Gasteiger partial charge < -0.3 is 19.6 Å². The van der Waals surface area contributed by atoms with Crippen LogP contribution in [0.2, 0.25) is 0 Å². The largest absolute Gasteiger partial charge is 0.463 e. The van der Waals surface area contributed by atoms with Gasteiger partial charge in [-0.2, -0.15) is 0 Å². The van der Waals surface area contributed by atoms with Crippen LogP contribution in [0.1, 0.15) is 43.0 Å². The van der Waals surface area contributed by atoms with Gasteiger partial charge in [-0.25, -0.2) is 4.79 Å². The summed E-state index contributed by atoms with van der Waals surface area (Å²) in [4.78, 5) is 11.2. The van der Waals surface area contributed by atoms with Crippen LogP contribution in [0.4, 0.5) is 0 Å². The number of ether oxygens (including phenoxy) is 1. The lowest BCUT2D eigenvalue weighted by atomic mass is 9.88. The van der Waals surface area contributed by atoms with E-state index in [9.17, 15) is 4.79 Å². The second kappa shape index (κ2) is 7.31. The summed E-state index contributed by atoms with van der Waals surface area (Å²) in [5, 5.41) is 12.1. The molecule has 0 saturated carbocycles. The van der Waals surface area contributed by atoms with Crippen LogP contribution in [0.15, 0.2) is 16.5 Å². The van der Waals surface area contributed by atoms with Crippen molar-refractivity contribution in [3.8, 4) is 0 Å². The number of aliphatic hydroxyl groups excluding tert-OH is 1. The molecule has 0 fully saturated rings. The predicted octanol–water partition coefficient (Wildman–Crippen LogP) is 1.95. The number of nitrogens with one attached hydrogen (secondary N) is 1. The Balaban J connectivity index is 2.36. The molecule has 108 valence electrons.